The zero-order chi connectivity index (χ0) is 4.99. The topological polar surface area (TPSA) is 26.3 Å². The Labute approximate surface area is 40.0 Å². The summed E-state index contributed by atoms with van der Waals surface area (Å²) in [6, 6.07) is 0. The smallest absolute Gasteiger partial charge is 0.291 e. The Morgan fingerprint density at radius 3 is 2.50 bits per heavy atom. The fourth-order valence-electron chi connectivity index (χ4n) is 0.144. The largest absolute Gasteiger partial charge is 0.529 e. The molecule has 0 aliphatic rings. The summed E-state index contributed by atoms with van der Waals surface area (Å²) in [4.78, 5) is 9.99. The zero-order valence-electron chi connectivity index (χ0n) is 4.02. The van der Waals surface area contributed by atoms with E-state index >= 15 is 0 Å². The van der Waals surface area contributed by atoms with E-state index < -0.39 is 0 Å². The van der Waals surface area contributed by atoms with Crippen LogP contribution in [-0.4, -0.2) is 16.5 Å². The minimum Gasteiger partial charge on any atom is -0.529 e. The van der Waals surface area contributed by atoms with Gasteiger partial charge in [-0.05, 0) is 0 Å². The molecular weight excluding hydrogens is 96.1 g/mol. The normalized spacial score (nSPS) is 8.17. The van der Waals surface area contributed by atoms with E-state index in [1.54, 1.807) is 6.92 Å². The Hall–Kier alpha value is -0.313. The molecule has 0 aliphatic heterocycles. The van der Waals surface area contributed by atoms with Crippen molar-refractivity contribution in [2.75, 3.05) is 0 Å². The molecule has 0 unspecified atom stereocenters. The summed E-state index contributed by atoms with van der Waals surface area (Å²) in [5.41, 5.74) is 0. The molecule has 36 valence electrons. The molecule has 0 bridgehead atoms. The lowest BCUT2D eigenvalue weighted by atomic mass is 10.5. The standard InChI is InChI=1S/C3H8O2Si/c1-2-3(4)5-6/h2H2,1,6H3. The van der Waals surface area contributed by atoms with Crippen molar-refractivity contribution >= 4 is 16.5 Å². The molecule has 0 saturated heterocycles. The number of carbonyl (C=O) groups is 1. The SMILES string of the molecule is CCC(=O)O[SiH3]. The van der Waals surface area contributed by atoms with Crippen molar-refractivity contribution in [2.24, 2.45) is 0 Å². The Balaban J connectivity index is 2.99. The summed E-state index contributed by atoms with van der Waals surface area (Å²) in [7, 11) is 0.533. The van der Waals surface area contributed by atoms with Crippen molar-refractivity contribution in [3.05, 3.63) is 0 Å². The second kappa shape index (κ2) is 2.90. The first-order valence-corrected chi connectivity index (χ1v) is 2.69. The van der Waals surface area contributed by atoms with Gasteiger partial charge in [-0.1, -0.05) is 6.92 Å². The summed E-state index contributed by atoms with van der Waals surface area (Å²) >= 11 is 0. The van der Waals surface area contributed by atoms with Gasteiger partial charge < -0.3 is 4.43 Å². The van der Waals surface area contributed by atoms with Gasteiger partial charge in [0, 0.05) is 6.42 Å². The number of hydrogen-bond acceptors (Lipinski definition) is 2. The van der Waals surface area contributed by atoms with Crippen molar-refractivity contribution in [2.45, 2.75) is 13.3 Å². The van der Waals surface area contributed by atoms with E-state index in [1.807, 2.05) is 0 Å². The van der Waals surface area contributed by atoms with Gasteiger partial charge >= 0.3 is 0 Å². The first kappa shape index (κ1) is 5.69. The molecule has 0 atom stereocenters. The van der Waals surface area contributed by atoms with Gasteiger partial charge in [0.2, 0.25) is 10.5 Å². The second-order valence-corrected chi connectivity index (χ2v) is 1.34. The molecule has 0 aromatic carbocycles. The third-order valence-electron chi connectivity index (χ3n) is 0.516. The van der Waals surface area contributed by atoms with Gasteiger partial charge in [-0.2, -0.15) is 0 Å². The summed E-state index contributed by atoms with van der Waals surface area (Å²) in [5, 5.41) is 0. The van der Waals surface area contributed by atoms with Crippen LogP contribution in [0.2, 0.25) is 0 Å². The van der Waals surface area contributed by atoms with E-state index in [-0.39, 0.29) is 5.97 Å². The predicted molar refractivity (Wildman–Crippen MR) is 26.3 cm³/mol. The molecule has 0 amide bonds. The summed E-state index contributed by atoms with van der Waals surface area (Å²) < 4.78 is 4.40. The van der Waals surface area contributed by atoms with E-state index in [4.69, 9.17) is 0 Å². The van der Waals surface area contributed by atoms with Gasteiger partial charge in [-0.25, -0.2) is 0 Å². The quantitative estimate of drug-likeness (QED) is 0.408. The third-order valence-corrected chi connectivity index (χ3v) is 0.972. The van der Waals surface area contributed by atoms with Crippen LogP contribution in [0.4, 0.5) is 0 Å². The van der Waals surface area contributed by atoms with Crippen LogP contribution in [0, 0.1) is 0 Å². The van der Waals surface area contributed by atoms with E-state index in [0.717, 1.165) is 0 Å². The molecule has 6 heavy (non-hydrogen) atoms. The van der Waals surface area contributed by atoms with Crippen molar-refractivity contribution in [1.29, 1.82) is 0 Å². The lowest BCUT2D eigenvalue weighted by Gasteiger charge is -1.88. The van der Waals surface area contributed by atoms with Crippen LogP contribution in [0.5, 0.6) is 0 Å². The van der Waals surface area contributed by atoms with Gasteiger partial charge in [0.15, 0.2) is 0 Å². The van der Waals surface area contributed by atoms with Crippen molar-refractivity contribution in [1.82, 2.24) is 0 Å². The first-order valence-electron chi connectivity index (χ1n) is 1.88. The van der Waals surface area contributed by atoms with Gasteiger partial charge in [0.05, 0.1) is 0 Å². The zero-order valence-corrected chi connectivity index (χ0v) is 6.02. The summed E-state index contributed by atoms with van der Waals surface area (Å²) in [5.74, 6) is -0.0957. The molecule has 0 N–H and O–H groups in total. The van der Waals surface area contributed by atoms with Crippen LogP contribution in [0.1, 0.15) is 13.3 Å². The summed E-state index contributed by atoms with van der Waals surface area (Å²) in [6.07, 6.45) is 0.503. The number of rotatable bonds is 1. The average Bonchev–Trinajstić information content (AvgIpc) is 1.65. The minimum atomic E-state index is -0.0957. The van der Waals surface area contributed by atoms with Crippen LogP contribution in [0.15, 0.2) is 0 Å². The average molecular weight is 104 g/mol. The van der Waals surface area contributed by atoms with Gasteiger partial charge in [0.25, 0.3) is 5.97 Å². The maximum absolute atomic E-state index is 9.99. The van der Waals surface area contributed by atoms with Crippen molar-refractivity contribution in [3.63, 3.8) is 0 Å². The number of carbonyl (C=O) groups excluding carboxylic acids is 1. The molecular formula is C3H8O2Si. The van der Waals surface area contributed by atoms with Crippen LogP contribution >= 0.6 is 0 Å². The Morgan fingerprint density at radius 2 is 2.50 bits per heavy atom. The van der Waals surface area contributed by atoms with E-state index in [2.05, 4.69) is 4.43 Å². The predicted octanol–water partition coefficient (Wildman–Crippen LogP) is -0.780. The van der Waals surface area contributed by atoms with Crippen LogP contribution < -0.4 is 0 Å². The molecule has 0 saturated carbocycles. The molecule has 2 nitrogen and oxygen atoms in total. The summed E-state index contributed by atoms with van der Waals surface area (Å²) in [6.45, 7) is 1.78. The minimum absolute atomic E-state index is 0.0957. The maximum Gasteiger partial charge on any atom is 0.291 e. The second-order valence-electron chi connectivity index (χ2n) is 0.930. The van der Waals surface area contributed by atoms with Crippen LogP contribution in [0.25, 0.3) is 0 Å². The molecule has 0 rings (SSSR count). The fourth-order valence-corrected chi connectivity index (χ4v) is 0.433. The lowest BCUT2D eigenvalue weighted by Crippen LogP contribution is -1.96. The van der Waals surface area contributed by atoms with Gasteiger partial charge in [0.1, 0.15) is 0 Å². The van der Waals surface area contributed by atoms with Crippen molar-refractivity contribution < 1.29 is 9.22 Å². The molecule has 0 aliphatic carbocycles. The van der Waals surface area contributed by atoms with E-state index in [9.17, 15) is 4.79 Å². The van der Waals surface area contributed by atoms with E-state index in [1.165, 1.54) is 0 Å². The molecule has 0 aromatic rings. The third kappa shape index (κ3) is 1.96. The van der Waals surface area contributed by atoms with E-state index in [0.29, 0.717) is 16.9 Å². The molecule has 0 spiro atoms. The highest BCUT2D eigenvalue weighted by molar-refractivity contribution is 6.05. The highest BCUT2D eigenvalue weighted by Gasteiger charge is 1.86. The molecule has 0 radical (unpaired) electrons. The Bertz CT molecular complexity index is 46.8. The lowest BCUT2D eigenvalue weighted by molar-refractivity contribution is -0.133. The van der Waals surface area contributed by atoms with Gasteiger partial charge in [-0.15, -0.1) is 0 Å². The highest BCUT2D eigenvalue weighted by atomic mass is 28.2. The van der Waals surface area contributed by atoms with Crippen molar-refractivity contribution in [3.8, 4) is 0 Å². The highest BCUT2D eigenvalue weighted by Crippen LogP contribution is 1.75. The molecule has 0 heterocycles. The number of hydrogen-bond donors (Lipinski definition) is 0. The fraction of sp³-hybridized carbons (Fsp3) is 0.667. The molecule has 0 aromatic heterocycles. The van der Waals surface area contributed by atoms with Crippen LogP contribution in [-0.2, 0) is 9.22 Å². The Morgan fingerprint density at radius 1 is 2.00 bits per heavy atom. The first-order chi connectivity index (χ1) is 2.81. The maximum atomic E-state index is 9.99. The monoisotopic (exact) mass is 104 g/mol. The molecule has 3 heteroatoms. The Kier molecular flexibility index (Phi) is 2.75. The van der Waals surface area contributed by atoms with Gasteiger partial charge in [-0.3, -0.25) is 4.79 Å². The molecule has 0 fully saturated rings. The van der Waals surface area contributed by atoms with Crippen LogP contribution in [0.3, 0.4) is 0 Å².